The molecule has 5 nitrogen and oxygen atoms in total. The van der Waals surface area contributed by atoms with Gasteiger partial charge < -0.3 is 15.0 Å². The Morgan fingerprint density at radius 1 is 1.19 bits per heavy atom. The molecule has 2 heterocycles. The van der Waals surface area contributed by atoms with E-state index in [2.05, 4.69) is 10.2 Å². The molecular formula is C20H25N3O2S. The second-order valence-corrected chi connectivity index (χ2v) is 7.98. The lowest BCUT2D eigenvalue weighted by atomic mass is 10.0. The molecule has 1 aromatic carbocycles. The number of ether oxygens (including phenoxy) is 1. The van der Waals surface area contributed by atoms with E-state index in [-0.39, 0.29) is 5.91 Å². The topological polar surface area (TPSA) is 54.5 Å². The molecule has 2 aromatic rings. The molecule has 1 amide bonds. The minimum atomic E-state index is -0.00610. The van der Waals surface area contributed by atoms with Gasteiger partial charge in [0.25, 0.3) is 5.91 Å². The first kappa shape index (κ1) is 17.5. The van der Waals surface area contributed by atoms with Crippen LogP contribution in [-0.4, -0.2) is 43.7 Å². The Labute approximate surface area is 158 Å². The number of anilines is 1. The summed E-state index contributed by atoms with van der Waals surface area (Å²) in [6.45, 7) is 3.71. The van der Waals surface area contributed by atoms with Gasteiger partial charge in [-0.25, -0.2) is 4.98 Å². The third-order valence-electron chi connectivity index (χ3n) is 5.01. The van der Waals surface area contributed by atoms with Crippen LogP contribution in [0.1, 0.15) is 38.8 Å². The van der Waals surface area contributed by atoms with Gasteiger partial charge >= 0.3 is 0 Å². The van der Waals surface area contributed by atoms with Crippen LogP contribution in [0, 0.1) is 0 Å². The number of benzene rings is 1. The van der Waals surface area contributed by atoms with Crippen molar-refractivity contribution in [2.24, 2.45) is 0 Å². The first-order valence-electron chi connectivity index (χ1n) is 9.48. The zero-order chi connectivity index (χ0) is 17.8. The third kappa shape index (κ3) is 3.91. The Balaban J connectivity index is 1.37. The van der Waals surface area contributed by atoms with Gasteiger partial charge in [0.15, 0.2) is 0 Å². The van der Waals surface area contributed by atoms with Crippen molar-refractivity contribution >= 4 is 22.9 Å². The molecule has 1 N–H and O–H groups in total. The van der Waals surface area contributed by atoms with Gasteiger partial charge in [-0.1, -0.05) is 12.1 Å². The average Bonchev–Trinajstić information content (AvgIpc) is 3.11. The van der Waals surface area contributed by atoms with Crippen molar-refractivity contribution in [2.45, 2.75) is 32.1 Å². The normalized spacial score (nSPS) is 17.0. The molecule has 2 aliphatic rings. The number of fused-ring (bicyclic) bond motifs is 1. The minimum absolute atomic E-state index is 0.00610. The van der Waals surface area contributed by atoms with E-state index in [1.165, 1.54) is 29.8 Å². The fraction of sp³-hybridized carbons (Fsp3) is 0.500. The van der Waals surface area contributed by atoms with Crippen LogP contribution in [0.4, 0.5) is 5.69 Å². The summed E-state index contributed by atoms with van der Waals surface area (Å²) in [7, 11) is 0. The van der Waals surface area contributed by atoms with Crippen LogP contribution in [-0.2, 0) is 24.0 Å². The largest absolute Gasteiger partial charge is 0.378 e. The standard InChI is InChI=1S/C20H25N3O2S/c24-20(15-5-1-3-7-17(15)23-11-13-25-14-12-23)21-10-9-19-22-16-6-2-4-8-18(16)26-19/h1,3,5,7H,2,4,6,8-14H2,(H,21,24). The number of rotatable bonds is 5. The Kier molecular flexibility index (Phi) is 5.51. The zero-order valence-electron chi connectivity index (χ0n) is 15.0. The molecule has 1 aliphatic heterocycles. The van der Waals surface area contributed by atoms with E-state index < -0.39 is 0 Å². The molecule has 1 saturated heterocycles. The molecule has 0 bridgehead atoms. The summed E-state index contributed by atoms with van der Waals surface area (Å²) in [5.74, 6) is -0.00610. The molecule has 1 aliphatic carbocycles. The Hall–Kier alpha value is -1.92. The molecule has 1 fully saturated rings. The number of amides is 1. The maximum atomic E-state index is 12.7. The number of hydrogen-bond acceptors (Lipinski definition) is 5. The van der Waals surface area contributed by atoms with Gasteiger partial charge in [-0.2, -0.15) is 0 Å². The molecular weight excluding hydrogens is 346 g/mol. The molecule has 0 atom stereocenters. The summed E-state index contributed by atoms with van der Waals surface area (Å²) in [4.78, 5) is 21.1. The maximum absolute atomic E-state index is 12.7. The number of carbonyl (C=O) groups is 1. The number of aryl methyl sites for hydroxylation is 2. The molecule has 0 saturated carbocycles. The lowest BCUT2D eigenvalue weighted by Crippen LogP contribution is -2.38. The highest BCUT2D eigenvalue weighted by Gasteiger charge is 2.19. The SMILES string of the molecule is O=C(NCCc1nc2c(s1)CCCC2)c1ccccc1N1CCOCC1. The molecule has 0 radical (unpaired) electrons. The number of nitrogens with zero attached hydrogens (tertiary/aromatic N) is 2. The average molecular weight is 372 g/mol. The van der Waals surface area contributed by atoms with Crippen molar-refractivity contribution in [3.05, 3.63) is 45.4 Å². The van der Waals surface area contributed by atoms with E-state index in [0.717, 1.165) is 42.2 Å². The Morgan fingerprint density at radius 3 is 2.85 bits per heavy atom. The summed E-state index contributed by atoms with van der Waals surface area (Å²) in [6.07, 6.45) is 5.63. The molecule has 138 valence electrons. The Morgan fingerprint density at radius 2 is 2.00 bits per heavy atom. The van der Waals surface area contributed by atoms with Gasteiger partial charge in [-0.3, -0.25) is 4.79 Å². The van der Waals surface area contributed by atoms with Gasteiger partial charge in [-0.15, -0.1) is 11.3 Å². The van der Waals surface area contributed by atoms with Gasteiger partial charge in [0.2, 0.25) is 0 Å². The maximum Gasteiger partial charge on any atom is 0.253 e. The van der Waals surface area contributed by atoms with Crippen molar-refractivity contribution in [2.75, 3.05) is 37.7 Å². The fourth-order valence-corrected chi connectivity index (χ4v) is 4.79. The van der Waals surface area contributed by atoms with Crippen molar-refractivity contribution in [3.8, 4) is 0 Å². The van der Waals surface area contributed by atoms with Crippen molar-refractivity contribution in [3.63, 3.8) is 0 Å². The first-order valence-corrected chi connectivity index (χ1v) is 10.3. The highest BCUT2D eigenvalue weighted by molar-refractivity contribution is 7.11. The number of morpholine rings is 1. The Bertz CT molecular complexity index is 745. The lowest BCUT2D eigenvalue weighted by Gasteiger charge is -2.30. The van der Waals surface area contributed by atoms with E-state index in [1.54, 1.807) is 0 Å². The summed E-state index contributed by atoms with van der Waals surface area (Å²) in [5.41, 5.74) is 3.03. The fourth-order valence-electron chi connectivity index (χ4n) is 3.64. The van der Waals surface area contributed by atoms with E-state index in [9.17, 15) is 4.79 Å². The summed E-state index contributed by atoms with van der Waals surface area (Å²) in [5, 5.41) is 4.23. The molecule has 0 spiro atoms. The number of carbonyl (C=O) groups excluding carboxylic acids is 1. The van der Waals surface area contributed by atoms with Crippen LogP contribution in [0.3, 0.4) is 0 Å². The number of hydrogen-bond donors (Lipinski definition) is 1. The monoisotopic (exact) mass is 371 g/mol. The van der Waals surface area contributed by atoms with Crippen LogP contribution < -0.4 is 10.2 Å². The van der Waals surface area contributed by atoms with Gasteiger partial charge in [0.1, 0.15) is 0 Å². The quantitative estimate of drug-likeness (QED) is 0.878. The summed E-state index contributed by atoms with van der Waals surface area (Å²) < 4.78 is 5.42. The van der Waals surface area contributed by atoms with E-state index in [1.807, 2.05) is 35.6 Å². The third-order valence-corrected chi connectivity index (χ3v) is 6.23. The van der Waals surface area contributed by atoms with Gasteiger partial charge in [-0.05, 0) is 37.8 Å². The predicted molar refractivity (Wildman–Crippen MR) is 104 cm³/mol. The summed E-state index contributed by atoms with van der Waals surface area (Å²) >= 11 is 1.82. The van der Waals surface area contributed by atoms with Crippen LogP contribution in [0.2, 0.25) is 0 Å². The number of nitrogens with one attached hydrogen (secondary N) is 1. The number of aromatic nitrogens is 1. The molecule has 1 aromatic heterocycles. The van der Waals surface area contributed by atoms with E-state index >= 15 is 0 Å². The van der Waals surface area contributed by atoms with Gasteiger partial charge in [0.05, 0.1) is 29.5 Å². The van der Waals surface area contributed by atoms with Crippen molar-refractivity contribution < 1.29 is 9.53 Å². The zero-order valence-corrected chi connectivity index (χ0v) is 15.8. The van der Waals surface area contributed by atoms with Crippen LogP contribution >= 0.6 is 11.3 Å². The van der Waals surface area contributed by atoms with Crippen molar-refractivity contribution in [1.82, 2.24) is 10.3 Å². The second kappa shape index (κ2) is 8.18. The van der Waals surface area contributed by atoms with E-state index in [0.29, 0.717) is 19.8 Å². The summed E-state index contributed by atoms with van der Waals surface area (Å²) in [6, 6.07) is 7.84. The molecule has 0 unspecified atom stereocenters. The van der Waals surface area contributed by atoms with Crippen molar-refractivity contribution in [1.29, 1.82) is 0 Å². The smallest absolute Gasteiger partial charge is 0.253 e. The van der Waals surface area contributed by atoms with Gasteiger partial charge in [0, 0.05) is 36.6 Å². The molecule has 6 heteroatoms. The van der Waals surface area contributed by atoms with E-state index in [4.69, 9.17) is 9.72 Å². The van der Waals surface area contributed by atoms with Crippen LogP contribution in [0.15, 0.2) is 24.3 Å². The van der Waals surface area contributed by atoms with Crippen LogP contribution in [0.5, 0.6) is 0 Å². The number of para-hydroxylation sites is 1. The second-order valence-electron chi connectivity index (χ2n) is 6.81. The lowest BCUT2D eigenvalue weighted by molar-refractivity contribution is 0.0952. The number of thiazole rings is 1. The first-order chi connectivity index (χ1) is 12.8. The highest BCUT2D eigenvalue weighted by atomic mass is 32.1. The van der Waals surface area contributed by atoms with Crippen LogP contribution in [0.25, 0.3) is 0 Å². The molecule has 26 heavy (non-hydrogen) atoms. The minimum Gasteiger partial charge on any atom is -0.378 e. The highest BCUT2D eigenvalue weighted by Crippen LogP contribution is 2.27. The molecule has 4 rings (SSSR count). The predicted octanol–water partition coefficient (Wildman–Crippen LogP) is 2.83.